The molecule has 2 saturated heterocycles. The van der Waals surface area contributed by atoms with E-state index in [9.17, 15) is 10.1 Å². The van der Waals surface area contributed by atoms with Crippen molar-refractivity contribution in [2.45, 2.75) is 0 Å². The molecule has 0 bridgehead atoms. The quantitative estimate of drug-likeness (QED) is 0.559. The Kier molecular flexibility index (Phi) is 1.91. The zero-order valence-electron chi connectivity index (χ0n) is 8.76. The Bertz CT molecular complexity index is 417. The van der Waals surface area contributed by atoms with Gasteiger partial charge in [0.15, 0.2) is 0 Å². The van der Waals surface area contributed by atoms with E-state index >= 15 is 0 Å². The molecule has 5 heteroatoms. The molecule has 16 heavy (non-hydrogen) atoms. The van der Waals surface area contributed by atoms with Crippen molar-refractivity contribution < 1.29 is 9.66 Å². The standard InChI is InChI=1S/C11H12N2O3/c14-13(15)10-3-1-9(2-4-10)12-5-11(6-12)7-16-8-11/h1-4H,5-8H2. The minimum Gasteiger partial charge on any atom is -0.380 e. The van der Waals surface area contributed by atoms with Gasteiger partial charge in [0.1, 0.15) is 0 Å². The first-order valence-corrected chi connectivity index (χ1v) is 5.26. The molecule has 0 N–H and O–H groups in total. The van der Waals surface area contributed by atoms with Crippen molar-refractivity contribution in [3.63, 3.8) is 0 Å². The van der Waals surface area contributed by atoms with Crippen molar-refractivity contribution in [2.24, 2.45) is 5.41 Å². The first-order valence-electron chi connectivity index (χ1n) is 5.26. The number of hydrogen-bond acceptors (Lipinski definition) is 4. The Labute approximate surface area is 92.8 Å². The van der Waals surface area contributed by atoms with Gasteiger partial charge in [-0.3, -0.25) is 10.1 Å². The third-order valence-electron chi connectivity index (χ3n) is 3.29. The molecular formula is C11H12N2O3. The van der Waals surface area contributed by atoms with E-state index in [1.807, 2.05) is 12.1 Å². The average Bonchev–Trinajstić information content (AvgIpc) is 2.14. The van der Waals surface area contributed by atoms with Crippen molar-refractivity contribution in [3.05, 3.63) is 34.4 Å². The van der Waals surface area contributed by atoms with Crippen molar-refractivity contribution in [3.8, 4) is 0 Å². The molecular weight excluding hydrogens is 208 g/mol. The molecule has 5 nitrogen and oxygen atoms in total. The van der Waals surface area contributed by atoms with Gasteiger partial charge in [0.2, 0.25) is 0 Å². The fourth-order valence-corrected chi connectivity index (χ4v) is 2.30. The third-order valence-corrected chi connectivity index (χ3v) is 3.29. The summed E-state index contributed by atoms with van der Waals surface area (Å²) in [5.74, 6) is 0. The van der Waals surface area contributed by atoms with E-state index < -0.39 is 0 Å². The zero-order valence-corrected chi connectivity index (χ0v) is 8.76. The smallest absolute Gasteiger partial charge is 0.269 e. The summed E-state index contributed by atoms with van der Waals surface area (Å²) in [6.45, 7) is 3.72. The predicted octanol–water partition coefficient (Wildman–Crippen LogP) is 1.43. The monoisotopic (exact) mass is 220 g/mol. The fraction of sp³-hybridized carbons (Fsp3) is 0.455. The molecule has 84 valence electrons. The lowest BCUT2D eigenvalue weighted by atomic mass is 9.78. The van der Waals surface area contributed by atoms with Crippen molar-refractivity contribution in [2.75, 3.05) is 31.2 Å². The molecule has 0 amide bonds. The van der Waals surface area contributed by atoms with E-state index in [2.05, 4.69) is 4.90 Å². The van der Waals surface area contributed by atoms with Crippen LogP contribution in [0.4, 0.5) is 11.4 Å². The molecule has 2 aliphatic heterocycles. The zero-order chi connectivity index (χ0) is 11.2. The minimum absolute atomic E-state index is 0.144. The largest absolute Gasteiger partial charge is 0.380 e. The normalized spacial score (nSPS) is 21.4. The maximum absolute atomic E-state index is 10.5. The summed E-state index contributed by atoms with van der Waals surface area (Å²) in [6.07, 6.45) is 0. The van der Waals surface area contributed by atoms with E-state index in [1.165, 1.54) is 0 Å². The number of anilines is 1. The van der Waals surface area contributed by atoms with Crippen molar-refractivity contribution in [1.29, 1.82) is 0 Å². The highest BCUT2D eigenvalue weighted by atomic mass is 16.6. The van der Waals surface area contributed by atoms with Gasteiger partial charge in [-0.15, -0.1) is 0 Å². The van der Waals surface area contributed by atoms with Crippen LogP contribution in [0.3, 0.4) is 0 Å². The Hall–Kier alpha value is -1.62. The summed E-state index contributed by atoms with van der Waals surface area (Å²) in [4.78, 5) is 12.4. The fourth-order valence-electron chi connectivity index (χ4n) is 2.30. The number of hydrogen-bond donors (Lipinski definition) is 0. The van der Waals surface area contributed by atoms with Gasteiger partial charge in [0, 0.05) is 30.9 Å². The van der Waals surface area contributed by atoms with Gasteiger partial charge in [-0.25, -0.2) is 0 Å². The van der Waals surface area contributed by atoms with Gasteiger partial charge in [-0.05, 0) is 12.1 Å². The molecule has 1 aromatic carbocycles. The molecule has 0 radical (unpaired) electrons. The second kappa shape index (κ2) is 3.18. The summed E-state index contributed by atoms with van der Waals surface area (Å²) < 4.78 is 5.20. The lowest BCUT2D eigenvalue weighted by Gasteiger charge is -2.56. The van der Waals surface area contributed by atoms with Crippen LogP contribution in [0.15, 0.2) is 24.3 Å². The summed E-state index contributed by atoms with van der Waals surface area (Å²) in [7, 11) is 0. The molecule has 0 atom stereocenters. The Morgan fingerprint density at radius 3 is 2.31 bits per heavy atom. The topological polar surface area (TPSA) is 55.6 Å². The molecule has 0 unspecified atom stereocenters. The van der Waals surface area contributed by atoms with Crippen LogP contribution in [0.2, 0.25) is 0 Å². The molecule has 1 spiro atoms. The molecule has 0 aromatic heterocycles. The highest BCUT2D eigenvalue weighted by Crippen LogP contribution is 2.40. The molecule has 2 heterocycles. The Morgan fingerprint density at radius 1 is 1.25 bits per heavy atom. The summed E-state index contributed by atoms with van der Waals surface area (Å²) in [6, 6.07) is 6.73. The van der Waals surface area contributed by atoms with E-state index in [0.29, 0.717) is 5.41 Å². The van der Waals surface area contributed by atoms with Gasteiger partial charge in [-0.2, -0.15) is 0 Å². The highest BCUT2D eigenvalue weighted by Gasteiger charge is 2.48. The van der Waals surface area contributed by atoms with Crippen LogP contribution < -0.4 is 4.90 Å². The Morgan fingerprint density at radius 2 is 1.88 bits per heavy atom. The first kappa shape index (κ1) is 9.59. The minimum atomic E-state index is -0.374. The summed E-state index contributed by atoms with van der Waals surface area (Å²) >= 11 is 0. The lowest BCUT2D eigenvalue weighted by molar-refractivity contribution is -0.384. The molecule has 2 aliphatic rings. The number of non-ortho nitro benzene ring substituents is 1. The lowest BCUT2D eigenvalue weighted by Crippen LogP contribution is -2.66. The summed E-state index contributed by atoms with van der Waals surface area (Å²) in [5, 5.41) is 10.5. The predicted molar refractivity (Wildman–Crippen MR) is 58.6 cm³/mol. The molecule has 0 aliphatic carbocycles. The van der Waals surface area contributed by atoms with Crippen LogP contribution in [-0.4, -0.2) is 31.2 Å². The van der Waals surface area contributed by atoms with Crippen LogP contribution in [-0.2, 0) is 4.74 Å². The van der Waals surface area contributed by atoms with Gasteiger partial charge in [-0.1, -0.05) is 0 Å². The molecule has 2 fully saturated rings. The van der Waals surface area contributed by atoms with Crippen LogP contribution in [0.25, 0.3) is 0 Å². The summed E-state index contributed by atoms with van der Waals surface area (Å²) in [5.41, 5.74) is 1.58. The van der Waals surface area contributed by atoms with Crippen LogP contribution in [0, 0.1) is 15.5 Å². The van der Waals surface area contributed by atoms with Gasteiger partial charge >= 0.3 is 0 Å². The van der Waals surface area contributed by atoms with Crippen molar-refractivity contribution >= 4 is 11.4 Å². The van der Waals surface area contributed by atoms with Gasteiger partial charge in [0.25, 0.3) is 5.69 Å². The van der Waals surface area contributed by atoms with E-state index in [0.717, 1.165) is 32.0 Å². The van der Waals surface area contributed by atoms with Crippen LogP contribution in [0.1, 0.15) is 0 Å². The van der Waals surface area contributed by atoms with E-state index in [-0.39, 0.29) is 10.6 Å². The molecule has 3 rings (SSSR count). The number of ether oxygens (including phenoxy) is 1. The van der Waals surface area contributed by atoms with Gasteiger partial charge in [0.05, 0.1) is 23.6 Å². The van der Waals surface area contributed by atoms with E-state index in [1.54, 1.807) is 12.1 Å². The number of rotatable bonds is 2. The van der Waals surface area contributed by atoms with Gasteiger partial charge < -0.3 is 9.64 Å². The van der Waals surface area contributed by atoms with Crippen LogP contribution in [0.5, 0.6) is 0 Å². The first-order chi connectivity index (χ1) is 7.69. The maximum Gasteiger partial charge on any atom is 0.269 e. The number of benzene rings is 1. The Balaban J connectivity index is 1.69. The molecule has 1 aromatic rings. The van der Waals surface area contributed by atoms with Crippen LogP contribution >= 0.6 is 0 Å². The van der Waals surface area contributed by atoms with Crippen molar-refractivity contribution in [1.82, 2.24) is 0 Å². The second-order valence-electron chi connectivity index (χ2n) is 4.62. The number of nitro benzene ring substituents is 1. The number of nitro groups is 1. The third kappa shape index (κ3) is 1.36. The highest BCUT2D eigenvalue weighted by molar-refractivity contribution is 5.53. The van der Waals surface area contributed by atoms with E-state index in [4.69, 9.17) is 4.74 Å². The maximum atomic E-state index is 10.5. The number of nitrogens with zero attached hydrogens (tertiary/aromatic N) is 2. The SMILES string of the molecule is O=[N+]([O-])c1ccc(N2CC3(COC3)C2)cc1. The molecule has 0 saturated carbocycles. The second-order valence-corrected chi connectivity index (χ2v) is 4.62. The average molecular weight is 220 g/mol.